The van der Waals surface area contributed by atoms with Crippen molar-refractivity contribution in [3.8, 4) is 11.1 Å². The molecule has 0 aliphatic carbocycles. The van der Waals surface area contributed by atoms with Crippen LogP contribution in [0.25, 0.3) is 21.9 Å². The van der Waals surface area contributed by atoms with E-state index in [0.29, 0.717) is 0 Å². The molecular weight excluding hydrogens is 348 g/mol. The van der Waals surface area contributed by atoms with Crippen LogP contribution < -0.4 is 0 Å². The number of benzene rings is 2. The third-order valence-electron chi connectivity index (χ3n) is 4.01. The molecule has 0 spiro atoms. The molecule has 0 N–H and O–H groups in total. The summed E-state index contributed by atoms with van der Waals surface area (Å²) in [5.74, 6) is 0. The van der Waals surface area contributed by atoms with Crippen molar-refractivity contribution in [3.63, 3.8) is 0 Å². The van der Waals surface area contributed by atoms with Gasteiger partial charge in [0, 0.05) is 0 Å². The SMILES string of the molecule is CCc1cc2c(-c3ccccc3)cccc2[cH-]1.[CH2-]CCC.[CH2-]CCC.[Ti+3]. The zero-order valence-corrected chi connectivity index (χ0v) is 18.3. The van der Waals surface area contributed by atoms with Gasteiger partial charge in [0.15, 0.2) is 0 Å². The topological polar surface area (TPSA) is 0 Å². The van der Waals surface area contributed by atoms with Crippen LogP contribution in [0.5, 0.6) is 0 Å². The van der Waals surface area contributed by atoms with Gasteiger partial charge in [-0.3, -0.25) is 0 Å². The molecule has 0 aromatic heterocycles. The molecule has 0 heterocycles. The molecule has 0 aliphatic rings. The summed E-state index contributed by atoms with van der Waals surface area (Å²) >= 11 is 0. The molecule has 137 valence electrons. The fraction of sp³-hybridized carbons (Fsp3) is 0.320. The van der Waals surface area contributed by atoms with Gasteiger partial charge in [0.1, 0.15) is 0 Å². The van der Waals surface area contributed by atoms with Gasteiger partial charge in [-0.1, -0.05) is 75.6 Å². The van der Waals surface area contributed by atoms with Gasteiger partial charge in [-0.25, -0.2) is 0 Å². The standard InChI is InChI=1S/C17H15.2C4H9.Ti/c1-2-13-11-15-9-6-10-16(17(15)12-13)14-7-4-3-5-8-14;2*1-3-4-2;/h3-12H,2H2,1H3;2*1,3-4H2,2H3;/q3*-1;+3. The minimum absolute atomic E-state index is 0. The molecule has 0 amide bonds. The van der Waals surface area contributed by atoms with Crippen LogP contribution in [0.2, 0.25) is 0 Å². The van der Waals surface area contributed by atoms with Crippen molar-refractivity contribution in [1.82, 2.24) is 0 Å². The molecule has 3 aromatic rings. The number of unbranched alkanes of at least 4 members (excludes halogenated alkanes) is 2. The zero-order chi connectivity index (χ0) is 18.5. The average molecular weight is 381 g/mol. The molecule has 0 atom stereocenters. The minimum Gasteiger partial charge on any atom is -0.343 e. The molecule has 26 heavy (non-hydrogen) atoms. The summed E-state index contributed by atoms with van der Waals surface area (Å²) in [5.41, 5.74) is 4.05. The maximum Gasteiger partial charge on any atom is 3.00 e. The number of fused-ring (bicyclic) bond motifs is 1. The van der Waals surface area contributed by atoms with Crippen LogP contribution >= 0.6 is 0 Å². The molecule has 0 nitrogen and oxygen atoms in total. The molecule has 0 unspecified atom stereocenters. The van der Waals surface area contributed by atoms with Gasteiger partial charge < -0.3 is 13.8 Å². The average Bonchev–Trinajstić information content (AvgIpc) is 3.12. The summed E-state index contributed by atoms with van der Waals surface area (Å²) < 4.78 is 0. The Bertz CT molecular complexity index is 687. The Morgan fingerprint density at radius 3 is 1.88 bits per heavy atom. The maximum absolute atomic E-state index is 3.60. The fourth-order valence-corrected chi connectivity index (χ4v) is 2.37. The first-order valence-electron chi connectivity index (χ1n) is 9.53. The second-order valence-electron chi connectivity index (χ2n) is 6.10. The Kier molecular flexibility index (Phi) is 14.2. The van der Waals surface area contributed by atoms with E-state index in [1.165, 1.54) is 40.3 Å². The van der Waals surface area contributed by atoms with Gasteiger partial charge in [0.25, 0.3) is 0 Å². The molecule has 0 saturated heterocycles. The summed E-state index contributed by atoms with van der Waals surface area (Å²) in [6.45, 7) is 13.6. The van der Waals surface area contributed by atoms with Crippen LogP contribution in [0.1, 0.15) is 52.0 Å². The van der Waals surface area contributed by atoms with Gasteiger partial charge in [-0.15, -0.1) is 34.5 Å². The minimum atomic E-state index is 0. The van der Waals surface area contributed by atoms with Crippen LogP contribution in [-0.2, 0) is 28.1 Å². The second kappa shape index (κ2) is 14.9. The van der Waals surface area contributed by atoms with Gasteiger partial charge in [-0.2, -0.15) is 18.9 Å². The number of hydrogen-bond donors (Lipinski definition) is 0. The summed E-state index contributed by atoms with van der Waals surface area (Å²) in [7, 11) is 0. The first-order valence-corrected chi connectivity index (χ1v) is 9.53. The number of rotatable bonds is 4. The summed E-state index contributed by atoms with van der Waals surface area (Å²) in [6.07, 6.45) is 5.66. The van der Waals surface area contributed by atoms with Gasteiger partial charge in [0.05, 0.1) is 0 Å². The normalized spacial score (nSPS) is 9.42. The van der Waals surface area contributed by atoms with Crippen molar-refractivity contribution >= 4 is 10.8 Å². The fourth-order valence-electron chi connectivity index (χ4n) is 2.37. The van der Waals surface area contributed by atoms with Crippen molar-refractivity contribution in [3.05, 3.63) is 80.1 Å². The van der Waals surface area contributed by atoms with E-state index in [1.54, 1.807) is 0 Å². The van der Waals surface area contributed by atoms with Gasteiger partial charge >= 0.3 is 21.7 Å². The van der Waals surface area contributed by atoms with Crippen LogP contribution in [0.4, 0.5) is 0 Å². The first kappa shape index (κ1) is 24.8. The van der Waals surface area contributed by atoms with Crippen molar-refractivity contribution in [1.29, 1.82) is 0 Å². The van der Waals surface area contributed by atoms with Gasteiger partial charge in [0.2, 0.25) is 0 Å². The molecule has 0 aliphatic heterocycles. The zero-order valence-electron chi connectivity index (χ0n) is 16.7. The maximum atomic E-state index is 3.60. The molecule has 1 heteroatoms. The van der Waals surface area contributed by atoms with Crippen LogP contribution in [0.3, 0.4) is 0 Å². The van der Waals surface area contributed by atoms with Crippen molar-refractivity contribution in [2.45, 2.75) is 52.9 Å². The van der Waals surface area contributed by atoms with E-state index in [2.05, 4.69) is 95.3 Å². The molecule has 1 radical (unpaired) electrons. The van der Waals surface area contributed by atoms with Crippen LogP contribution in [-0.4, -0.2) is 0 Å². The third-order valence-corrected chi connectivity index (χ3v) is 4.01. The number of hydrogen-bond acceptors (Lipinski definition) is 0. The molecular formula is C25H33Ti. The van der Waals surface area contributed by atoms with Crippen molar-refractivity contribution in [2.24, 2.45) is 0 Å². The first-order chi connectivity index (χ1) is 12.2. The Morgan fingerprint density at radius 2 is 1.38 bits per heavy atom. The van der Waals surface area contributed by atoms with Crippen LogP contribution in [0, 0.1) is 13.8 Å². The smallest absolute Gasteiger partial charge is 0.343 e. The molecule has 3 aromatic carbocycles. The van der Waals surface area contributed by atoms with E-state index < -0.39 is 0 Å². The summed E-state index contributed by atoms with van der Waals surface area (Å²) in [5, 5.41) is 2.72. The summed E-state index contributed by atoms with van der Waals surface area (Å²) in [6, 6.07) is 21.8. The second-order valence-corrected chi connectivity index (χ2v) is 6.10. The van der Waals surface area contributed by atoms with Crippen molar-refractivity contribution in [2.75, 3.05) is 0 Å². The van der Waals surface area contributed by atoms with E-state index in [9.17, 15) is 0 Å². The quantitative estimate of drug-likeness (QED) is 0.317. The monoisotopic (exact) mass is 381 g/mol. The molecule has 0 fully saturated rings. The Labute approximate surface area is 176 Å². The predicted octanol–water partition coefficient (Wildman–Crippen LogP) is 8.03. The van der Waals surface area contributed by atoms with E-state index in [1.807, 2.05) is 0 Å². The molecule has 0 saturated carbocycles. The van der Waals surface area contributed by atoms with E-state index in [-0.39, 0.29) is 21.7 Å². The van der Waals surface area contributed by atoms with Gasteiger partial charge in [-0.05, 0) is 12.0 Å². The Hall–Kier alpha value is -1.24. The molecule has 0 bridgehead atoms. The molecule has 3 rings (SSSR count). The van der Waals surface area contributed by atoms with Crippen molar-refractivity contribution < 1.29 is 21.7 Å². The van der Waals surface area contributed by atoms with Crippen LogP contribution in [0.15, 0.2) is 60.7 Å². The van der Waals surface area contributed by atoms with E-state index >= 15 is 0 Å². The largest absolute Gasteiger partial charge is 3.00 e. The third kappa shape index (κ3) is 7.98. The predicted molar refractivity (Wildman–Crippen MR) is 115 cm³/mol. The Balaban J connectivity index is 0.000000596. The van der Waals surface area contributed by atoms with E-state index in [4.69, 9.17) is 0 Å². The number of aryl methyl sites for hydroxylation is 1. The Morgan fingerprint density at radius 1 is 0.808 bits per heavy atom. The summed E-state index contributed by atoms with van der Waals surface area (Å²) in [4.78, 5) is 0. The van der Waals surface area contributed by atoms with E-state index in [0.717, 1.165) is 19.3 Å².